The Hall–Kier alpha value is -1.69. The fraction of sp³-hybridized carbons (Fsp3) is 0.429. The first-order valence-corrected chi connectivity index (χ1v) is 7.41. The van der Waals surface area contributed by atoms with E-state index in [1.54, 1.807) is 49.1 Å². The zero-order valence-corrected chi connectivity index (χ0v) is 12.7. The molecule has 1 aromatic carbocycles. The van der Waals surface area contributed by atoms with Crippen LogP contribution in [0.15, 0.2) is 23.2 Å². The molecule has 0 bridgehead atoms. The van der Waals surface area contributed by atoms with Crippen LogP contribution in [0.25, 0.3) is 0 Å². The Labute approximate surface area is 123 Å². The van der Waals surface area contributed by atoms with E-state index in [2.05, 4.69) is 4.99 Å². The summed E-state index contributed by atoms with van der Waals surface area (Å²) >= 11 is 1.59. The maximum absolute atomic E-state index is 12.5. The van der Waals surface area contributed by atoms with Crippen molar-refractivity contribution in [3.63, 3.8) is 0 Å². The van der Waals surface area contributed by atoms with Gasteiger partial charge in [-0.15, -0.1) is 0 Å². The number of hydrogen-bond donors (Lipinski definition) is 0. The molecule has 2 rings (SSSR count). The van der Waals surface area contributed by atoms with Crippen molar-refractivity contribution in [3.8, 4) is 11.5 Å². The molecule has 0 aliphatic carbocycles. The number of amidine groups is 1. The first-order valence-electron chi connectivity index (χ1n) is 6.42. The minimum Gasteiger partial charge on any atom is -0.493 e. The third-order valence-electron chi connectivity index (χ3n) is 2.95. The highest BCUT2D eigenvalue weighted by atomic mass is 32.2. The summed E-state index contributed by atoms with van der Waals surface area (Å²) in [6, 6.07) is 5.19. The van der Waals surface area contributed by atoms with Crippen LogP contribution >= 0.6 is 11.8 Å². The van der Waals surface area contributed by atoms with E-state index in [0.717, 1.165) is 10.9 Å². The van der Waals surface area contributed by atoms with Crippen molar-refractivity contribution in [3.05, 3.63) is 23.8 Å². The van der Waals surface area contributed by atoms with E-state index in [1.807, 2.05) is 6.92 Å². The molecule has 1 aromatic rings. The molecule has 0 saturated heterocycles. The van der Waals surface area contributed by atoms with Crippen molar-refractivity contribution < 1.29 is 14.3 Å². The summed E-state index contributed by atoms with van der Waals surface area (Å²) in [5.74, 6) is 2.01. The SMILES string of the molecule is CCSC1=NCCN1C(=O)c1ccc(OC)c(OC)c1. The Bertz CT molecular complexity index is 531. The molecule has 5 nitrogen and oxygen atoms in total. The second-order valence-electron chi connectivity index (χ2n) is 4.12. The third kappa shape index (κ3) is 2.90. The molecular weight excluding hydrogens is 276 g/mol. The van der Waals surface area contributed by atoms with Crippen LogP contribution < -0.4 is 9.47 Å². The molecule has 0 aromatic heterocycles. The van der Waals surface area contributed by atoms with Gasteiger partial charge in [-0.1, -0.05) is 18.7 Å². The van der Waals surface area contributed by atoms with Gasteiger partial charge < -0.3 is 9.47 Å². The molecule has 1 aliphatic heterocycles. The molecule has 0 fully saturated rings. The maximum Gasteiger partial charge on any atom is 0.260 e. The number of ether oxygens (including phenoxy) is 2. The number of carbonyl (C=O) groups is 1. The molecule has 0 atom stereocenters. The highest BCUT2D eigenvalue weighted by Crippen LogP contribution is 2.28. The predicted octanol–water partition coefficient (Wildman–Crippen LogP) is 2.27. The first-order chi connectivity index (χ1) is 9.71. The Morgan fingerprint density at radius 3 is 2.75 bits per heavy atom. The van der Waals surface area contributed by atoms with E-state index in [9.17, 15) is 4.79 Å². The van der Waals surface area contributed by atoms with Crippen LogP contribution in [0.3, 0.4) is 0 Å². The monoisotopic (exact) mass is 294 g/mol. The lowest BCUT2D eigenvalue weighted by molar-refractivity contribution is 0.0860. The Morgan fingerprint density at radius 2 is 2.10 bits per heavy atom. The Kier molecular flexibility index (Phi) is 4.89. The van der Waals surface area contributed by atoms with Crippen molar-refractivity contribution >= 4 is 22.8 Å². The number of benzene rings is 1. The second kappa shape index (κ2) is 6.65. The summed E-state index contributed by atoms with van der Waals surface area (Å²) in [6.45, 7) is 3.35. The predicted molar refractivity (Wildman–Crippen MR) is 81.0 cm³/mol. The highest BCUT2D eigenvalue weighted by Gasteiger charge is 2.25. The van der Waals surface area contributed by atoms with Crippen molar-refractivity contribution in [2.24, 2.45) is 4.99 Å². The van der Waals surface area contributed by atoms with Crippen LogP contribution in [0.2, 0.25) is 0 Å². The summed E-state index contributed by atoms with van der Waals surface area (Å²) < 4.78 is 10.4. The number of methoxy groups -OCH3 is 2. The molecule has 1 heterocycles. The maximum atomic E-state index is 12.5. The molecule has 0 saturated carbocycles. The van der Waals surface area contributed by atoms with Crippen molar-refractivity contribution in [2.45, 2.75) is 6.92 Å². The van der Waals surface area contributed by atoms with Gasteiger partial charge in [0.05, 0.1) is 20.8 Å². The quantitative estimate of drug-likeness (QED) is 0.855. The fourth-order valence-electron chi connectivity index (χ4n) is 1.99. The molecular formula is C14H18N2O3S. The summed E-state index contributed by atoms with van der Waals surface area (Å²) in [7, 11) is 3.13. The van der Waals surface area contributed by atoms with Gasteiger partial charge >= 0.3 is 0 Å². The first kappa shape index (κ1) is 14.7. The molecule has 6 heteroatoms. The van der Waals surface area contributed by atoms with Crippen molar-refractivity contribution in [2.75, 3.05) is 33.1 Å². The smallest absolute Gasteiger partial charge is 0.260 e. The van der Waals surface area contributed by atoms with Crippen LogP contribution in [0.5, 0.6) is 11.5 Å². The topological polar surface area (TPSA) is 51.1 Å². The second-order valence-corrected chi connectivity index (χ2v) is 5.36. The van der Waals surface area contributed by atoms with Crippen LogP contribution in [-0.4, -0.2) is 49.0 Å². The minimum atomic E-state index is -0.0526. The lowest BCUT2D eigenvalue weighted by Gasteiger charge is -2.18. The van der Waals surface area contributed by atoms with E-state index in [0.29, 0.717) is 30.2 Å². The fourth-order valence-corrected chi connectivity index (χ4v) is 2.76. The van der Waals surface area contributed by atoms with Crippen molar-refractivity contribution in [1.82, 2.24) is 4.90 Å². The molecule has 0 unspecified atom stereocenters. The normalized spacial score (nSPS) is 14.2. The van der Waals surface area contributed by atoms with Gasteiger partial charge in [0, 0.05) is 12.1 Å². The summed E-state index contributed by atoms with van der Waals surface area (Å²) in [5, 5.41) is 0.798. The molecule has 20 heavy (non-hydrogen) atoms. The standard InChI is InChI=1S/C14H18N2O3S/c1-4-20-14-15-7-8-16(14)13(17)10-5-6-11(18-2)12(9-10)19-3/h5-6,9H,4,7-8H2,1-3H3. The number of rotatable bonds is 4. The number of nitrogens with zero attached hydrogens (tertiary/aromatic N) is 2. The van der Waals surface area contributed by atoms with Crippen LogP contribution in [-0.2, 0) is 0 Å². The van der Waals surface area contributed by atoms with Gasteiger partial charge in [-0.05, 0) is 24.0 Å². The van der Waals surface area contributed by atoms with Crippen LogP contribution in [0.4, 0.5) is 0 Å². The van der Waals surface area contributed by atoms with Gasteiger partial charge in [0.25, 0.3) is 5.91 Å². The van der Waals surface area contributed by atoms with Crippen LogP contribution in [0.1, 0.15) is 17.3 Å². The van der Waals surface area contributed by atoms with Crippen LogP contribution in [0, 0.1) is 0 Å². The third-order valence-corrected chi connectivity index (χ3v) is 3.85. The zero-order chi connectivity index (χ0) is 14.5. The van der Waals surface area contributed by atoms with Gasteiger partial charge in [-0.3, -0.25) is 14.7 Å². The number of hydrogen-bond acceptors (Lipinski definition) is 5. The number of carbonyl (C=O) groups excluding carboxylic acids is 1. The largest absolute Gasteiger partial charge is 0.493 e. The molecule has 0 N–H and O–H groups in total. The summed E-state index contributed by atoms with van der Waals surface area (Å²) in [5.41, 5.74) is 0.578. The summed E-state index contributed by atoms with van der Waals surface area (Å²) in [6.07, 6.45) is 0. The number of thioether (sulfide) groups is 1. The van der Waals surface area contributed by atoms with E-state index >= 15 is 0 Å². The molecule has 1 amide bonds. The minimum absolute atomic E-state index is 0.0526. The lowest BCUT2D eigenvalue weighted by atomic mass is 10.2. The average molecular weight is 294 g/mol. The molecule has 0 radical (unpaired) electrons. The number of amides is 1. The average Bonchev–Trinajstić information content (AvgIpc) is 2.94. The van der Waals surface area contributed by atoms with Gasteiger partial charge in [-0.25, -0.2) is 0 Å². The molecule has 108 valence electrons. The Balaban J connectivity index is 2.23. The van der Waals surface area contributed by atoms with Gasteiger partial charge in [0.1, 0.15) is 0 Å². The van der Waals surface area contributed by atoms with E-state index in [-0.39, 0.29) is 5.91 Å². The zero-order valence-electron chi connectivity index (χ0n) is 11.9. The van der Waals surface area contributed by atoms with Gasteiger partial charge in [0.15, 0.2) is 16.7 Å². The van der Waals surface area contributed by atoms with E-state index < -0.39 is 0 Å². The molecule has 0 spiro atoms. The highest BCUT2D eigenvalue weighted by molar-refractivity contribution is 8.13. The summed E-state index contributed by atoms with van der Waals surface area (Å²) in [4.78, 5) is 18.6. The van der Waals surface area contributed by atoms with E-state index in [1.165, 1.54) is 0 Å². The van der Waals surface area contributed by atoms with Gasteiger partial charge in [-0.2, -0.15) is 0 Å². The number of aliphatic imine (C=N–C) groups is 1. The van der Waals surface area contributed by atoms with Gasteiger partial charge in [0.2, 0.25) is 0 Å². The Morgan fingerprint density at radius 1 is 1.35 bits per heavy atom. The lowest BCUT2D eigenvalue weighted by Crippen LogP contribution is -2.32. The molecule has 1 aliphatic rings. The van der Waals surface area contributed by atoms with E-state index in [4.69, 9.17) is 9.47 Å². The van der Waals surface area contributed by atoms with Crippen molar-refractivity contribution in [1.29, 1.82) is 0 Å².